The van der Waals surface area contributed by atoms with Crippen molar-refractivity contribution >= 4 is 129 Å². The van der Waals surface area contributed by atoms with E-state index in [0.717, 1.165) is 22.5 Å². The Kier molecular flexibility index (Phi) is 9.11. The van der Waals surface area contributed by atoms with Crippen LogP contribution in [0.5, 0.6) is 0 Å². The van der Waals surface area contributed by atoms with E-state index in [4.69, 9.17) is 0 Å². The quantitative estimate of drug-likeness (QED) is 0.128. The molecule has 0 fully saturated rings. The minimum absolute atomic E-state index is 0.536. The van der Waals surface area contributed by atoms with Crippen molar-refractivity contribution in [2.75, 3.05) is 9.80 Å². The molecule has 57 heavy (non-hydrogen) atoms. The number of rotatable bonds is 10. The third-order valence-electron chi connectivity index (χ3n) is 10.5. The molecular formula is C52H36N2S2Si+. The van der Waals surface area contributed by atoms with Crippen molar-refractivity contribution in [1.82, 2.24) is 0 Å². The molecular weight excluding hydrogens is 745 g/mol. The first kappa shape index (κ1) is 34.9. The number of hydrogen-bond acceptors (Lipinski definition) is 4. The number of fused-ring (bicyclic) bond motifs is 4. The maximum absolute atomic E-state index is 3.97. The molecule has 0 spiro atoms. The first-order valence-corrected chi connectivity index (χ1v) is 21.6. The Morgan fingerprint density at radius 3 is 1.26 bits per heavy atom. The van der Waals surface area contributed by atoms with E-state index in [0.29, 0.717) is 9.52 Å². The second-order valence-electron chi connectivity index (χ2n) is 14.1. The molecule has 2 aromatic heterocycles. The molecule has 0 saturated heterocycles. The predicted octanol–water partition coefficient (Wildman–Crippen LogP) is 14.3. The lowest BCUT2D eigenvalue weighted by atomic mass is 10.1. The zero-order valence-corrected chi connectivity index (χ0v) is 33.7. The molecule has 0 bridgehead atoms. The summed E-state index contributed by atoms with van der Waals surface area (Å²) in [6, 6.07) is 66.5. The van der Waals surface area contributed by atoms with Gasteiger partial charge in [-0.05, 0) is 118 Å². The number of benzene rings is 8. The van der Waals surface area contributed by atoms with Gasteiger partial charge in [-0.15, -0.1) is 22.7 Å². The lowest BCUT2D eigenvalue weighted by Crippen LogP contribution is -2.26. The average Bonchev–Trinajstić information content (AvgIpc) is 3.88. The van der Waals surface area contributed by atoms with Gasteiger partial charge < -0.3 is 9.80 Å². The van der Waals surface area contributed by atoms with Crippen LogP contribution in [-0.2, 0) is 0 Å². The van der Waals surface area contributed by atoms with Crippen LogP contribution < -0.4 is 20.2 Å². The monoisotopic (exact) mass is 780 g/mol. The van der Waals surface area contributed by atoms with Gasteiger partial charge in [0.25, 0.3) is 0 Å². The van der Waals surface area contributed by atoms with E-state index in [1.807, 2.05) is 34.8 Å². The number of anilines is 6. The number of thiophene rings is 2. The maximum atomic E-state index is 3.97. The molecule has 2 nitrogen and oxygen atoms in total. The fraction of sp³-hybridized carbons (Fsp3) is 0. The summed E-state index contributed by atoms with van der Waals surface area (Å²) in [6.45, 7) is 7.95. The van der Waals surface area contributed by atoms with Crippen molar-refractivity contribution in [2.45, 2.75) is 0 Å². The highest BCUT2D eigenvalue weighted by Gasteiger charge is 2.24. The largest absolute Gasteiger partial charge is 0.567 e. The van der Waals surface area contributed by atoms with Gasteiger partial charge in [0.15, 0.2) is 0 Å². The predicted molar refractivity (Wildman–Crippen MR) is 253 cm³/mol. The van der Waals surface area contributed by atoms with Crippen LogP contribution in [0.1, 0.15) is 11.1 Å². The molecule has 5 heteroatoms. The van der Waals surface area contributed by atoms with Gasteiger partial charge in [-0.1, -0.05) is 122 Å². The summed E-state index contributed by atoms with van der Waals surface area (Å²) in [4.78, 5) is 4.80. The SMILES string of the molecule is C=Cc1ccc(N(c2cc3cc([Si+]c4ccc5sc(N(c6ccc(C=C)cc6)c6cccc7ccccc67)cc5c4)ccc3s2)c2cccc3ccccc23)cc1. The molecule has 0 aliphatic carbocycles. The smallest absolute Gasteiger partial charge is 0.301 e. The van der Waals surface area contributed by atoms with Gasteiger partial charge in [-0.3, -0.25) is 0 Å². The molecule has 10 rings (SSSR count). The summed E-state index contributed by atoms with van der Waals surface area (Å²) in [5.41, 5.74) is 6.81. The Labute approximate surface area is 343 Å². The van der Waals surface area contributed by atoms with Crippen molar-refractivity contribution in [2.24, 2.45) is 0 Å². The van der Waals surface area contributed by atoms with Crippen molar-refractivity contribution in [3.8, 4) is 0 Å². The maximum Gasteiger partial charge on any atom is 0.567 e. The highest BCUT2D eigenvalue weighted by molar-refractivity contribution is 7.23. The zero-order chi connectivity index (χ0) is 38.3. The van der Waals surface area contributed by atoms with Gasteiger partial charge in [0.2, 0.25) is 0 Å². The average molecular weight is 781 g/mol. The van der Waals surface area contributed by atoms with E-state index in [1.54, 1.807) is 0 Å². The first-order chi connectivity index (χ1) is 28.1. The van der Waals surface area contributed by atoms with Gasteiger partial charge >= 0.3 is 9.52 Å². The minimum Gasteiger partial charge on any atom is -0.301 e. The van der Waals surface area contributed by atoms with Crippen LogP contribution in [0, 0.1) is 0 Å². The van der Waals surface area contributed by atoms with Gasteiger partial charge in [0, 0.05) is 31.5 Å². The third kappa shape index (κ3) is 6.66. The Balaban J connectivity index is 0.996. The molecule has 0 unspecified atom stereocenters. The fourth-order valence-electron chi connectivity index (χ4n) is 7.70. The number of hydrogen-bond donors (Lipinski definition) is 0. The van der Waals surface area contributed by atoms with Crippen LogP contribution >= 0.6 is 22.7 Å². The standard InChI is InChI=1S/C52H36N2S2Si/c1-3-35-19-23-41(24-20-35)53(47-17-9-13-37-11-5-7-15-45(37)47)51-33-39-31-43(27-29-49(39)55-51)57-44-28-30-50-40(32-44)34-52(56-50)54(42-25-21-36(4-2)22-26-42)48-18-10-14-38-12-6-8-16-46(38)48/h3-34H,1-2H2/q+1. The topological polar surface area (TPSA) is 6.48 Å². The van der Waals surface area contributed by atoms with Crippen molar-refractivity contribution < 1.29 is 0 Å². The molecule has 269 valence electrons. The summed E-state index contributed by atoms with van der Waals surface area (Å²) in [6.07, 6.45) is 3.79. The van der Waals surface area contributed by atoms with Crippen LogP contribution in [0.15, 0.2) is 195 Å². The zero-order valence-electron chi connectivity index (χ0n) is 31.1. The van der Waals surface area contributed by atoms with Crippen molar-refractivity contribution in [3.63, 3.8) is 0 Å². The molecule has 2 heterocycles. The van der Waals surface area contributed by atoms with Gasteiger partial charge in [0.05, 0.1) is 11.4 Å². The molecule has 0 saturated carbocycles. The lowest BCUT2D eigenvalue weighted by molar-refractivity contribution is 1.33. The van der Waals surface area contributed by atoms with Gasteiger partial charge in [-0.25, -0.2) is 0 Å². The summed E-state index contributed by atoms with van der Waals surface area (Å²) in [7, 11) is 0.536. The van der Waals surface area contributed by atoms with E-state index in [2.05, 4.69) is 205 Å². The van der Waals surface area contributed by atoms with E-state index in [9.17, 15) is 0 Å². The molecule has 0 aliphatic rings. The normalized spacial score (nSPS) is 11.3. The van der Waals surface area contributed by atoms with Crippen LogP contribution in [0.3, 0.4) is 0 Å². The highest BCUT2D eigenvalue weighted by atomic mass is 32.1. The molecule has 8 aromatic carbocycles. The molecule has 10 aromatic rings. The fourth-order valence-corrected chi connectivity index (χ4v) is 11.0. The number of nitrogens with zero attached hydrogens (tertiary/aromatic N) is 2. The second-order valence-corrected chi connectivity index (χ2v) is 17.6. The minimum atomic E-state index is 0.536. The summed E-state index contributed by atoms with van der Waals surface area (Å²) >= 11 is 3.67. The molecule has 0 amide bonds. The van der Waals surface area contributed by atoms with Crippen molar-refractivity contribution in [1.29, 1.82) is 0 Å². The van der Waals surface area contributed by atoms with Crippen LogP contribution in [0.25, 0.3) is 53.9 Å². The summed E-state index contributed by atoms with van der Waals surface area (Å²) in [5, 5.41) is 12.5. The Bertz CT molecular complexity index is 2880. The van der Waals surface area contributed by atoms with E-state index < -0.39 is 0 Å². The molecule has 1 radical (unpaired) electrons. The molecule has 0 atom stereocenters. The van der Waals surface area contributed by atoms with Crippen LogP contribution in [0.4, 0.5) is 32.8 Å². The second kappa shape index (κ2) is 14.9. The third-order valence-corrected chi connectivity index (χ3v) is 13.9. The van der Waals surface area contributed by atoms with Gasteiger partial charge in [-0.2, -0.15) is 0 Å². The van der Waals surface area contributed by atoms with E-state index in [1.165, 1.54) is 73.5 Å². The first-order valence-electron chi connectivity index (χ1n) is 19.0. The highest BCUT2D eigenvalue weighted by Crippen LogP contribution is 2.45. The van der Waals surface area contributed by atoms with Crippen LogP contribution in [0.2, 0.25) is 0 Å². The van der Waals surface area contributed by atoms with E-state index in [-0.39, 0.29) is 0 Å². The Hall–Kier alpha value is -6.50. The lowest BCUT2D eigenvalue weighted by Gasteiger charge is -2.25. The van der Waals surface area contributed by atoms with E-state index >= 15 is 0 Å². The van der Waals surface area contributed by atoms with Crippen LogP contribution in [-0.4, -0.2) is 9.52 Å². The summed E-state index contributed by atoms with van der Waals surface area (Å²) < 4.78 is 2.55. The molecule has 0 aliphatic heterocycles. The van der Waals surface area contributed by atoms with Gasteiger partial charge in [0.1, 0.15) is 20.4 Å². The molecule has 0 N–H and O–H groups in total. The Morgan fingerprint density at radius 2 is 0.825 bits per heavy atom. The Morgan fingerprint density at radius 1 is 0.404 bits per heavy atom. The summed E-state index contributed by atoms with van der Waals surface area (Å²) in [5.74, 6) is 0. The van der Waals surface area contributed by atoms with Crippen molar-refractivity contribution in [3.05, 3.63) is 206 Å².